The molecule has 0 radical (unpaired) electrons. The molecule has 0 aliphatic heterocycles. The van der Waals surface area contributed by atoms with Crippen LogP contribution < -0.4 is 5.32 Å². The Labute approximate surface area is 128 Å². The first-order valence-corrected chi connectivity index (χ1v) is 6.87. The van der Waals surface area contributed by atoms with Gasteiger partial charge in [-0.2, -0.15) is 0 Å². The molecule has 116 valence electrons. The zero-order chi connectivity index (χ0) is 16.2. The standard InChI is InChI=1S/C17H18FNO3/c1-12(13-6-3-4-7-14(13)18)10-16(20)19-11-17(2,21)15-8-5-9-22-15/h3-10,21H,11H2,1-2H3,(H,19,20). The smallest absolute Gasteiger partial charge is 0.244 e. The van der Waals surface area contributed by atoms with E-state index in [9.17, 15) is 14.3 Å². The largest absolute Gasteiger partial charge is 0.466 e. The molecule has 5 heteroatoms. The van der Waals surface area contributed by atoms with E-state index in [1.54, 1.807) is 44.2 Å². The summed E-state index contributed by atoms with van der Waals surface area (Å²) < 4.78 is 18.8. The molecule has 1 heterocycles. The SMILES string of the molecule is CC(=CC(=O)NCC(C)(O)c1ccco1)c1ccccc1F. The van der Waals surface area contributed by atoms with Gasteiger partial charge >= 0.3 is 0 Å². The fraction of sp³-hybridized carbons (Fsp3) is 0.235. The zero-order valence-corrected chi connectivity index (χ0v) is 12.5. The van der Waals surface area contributed by atoms with Crippen LogP contribution in [0.5, 0.6) is 0 Å². The number of hydrogen-bond donors (Lipinski definition) is 2. The minimum Gasteiger partial charge on any atom is -0.466 e. The summed E-state index contributed by atoms with van der Waals surface area (Å²) in [6.07, 6.45) is 2.75. The Morgan fingerprint density at radius 2 is 2.09 bits per heavy atom. The van der Waals surface area contributed by atoms with E-state index in [0.717, 1.165) is 0 Å². The molecule has 0 bridgehead atoms. The molecule has 1 aromatic heterocycles. The minimum absolute atomic E-state index is 0.0135. The van der Waals surface area contributed by atoms with Crippen molar-refractivity contribution in [3.63, 3.8) is 0 Å². The molecule has 1 amide bonds. The quantitative estimate of drug-likeness (QED) is 0.835. The third kappa shape index (κ3) is 3.83. The molecule has 2 rings (SSSR count). The number of carbonyl (C=O) groups excluding carboxylic acids is 1. The van der Waals surface area contributed by atoms with Gasteiger partial charge in [-0.05, 0) is 37.6 Å². The van der Waals surface area contributed by atoms with E-state index >= 15 is 0 Å². The van der Waals surface area contributed by atoms with Gasteiger partial charge in [-0.3, -0.25) is 4.79 Å². The van der Waals surface area contributed by atoms with Gasteiger partial charge in [0.2, 0.25) is 5.91 Å². The molecule has 2 aromatic rings. The van der Waals surface area contributed by atoms with Crippen LogP contribution in [0.4, 0.5) is 4.39 Å². The number of carbonyl (C=O) groups is 1. The number of allylic oxidation sites excluding steroid dienone is 1. The van der Waals surface area contributed by atoms with Gasteiger partial charge in [0, 0.05) is 11.6 Å². The van der Waals surface area contributed by atoms with Crippen molar-refractivity contribution in [3.8, 4) is 0 Å². The van der Waals surface area contributed by atoms with Gasteiger partial charge in [-0.15, -0.1) is 0 Å². The van der Waals surface area contributed by atoms with Crippen molar-refractivity contribution in [1.29, 1.82) is 0 Å². The molecule has 4 nitrogen and oxygen atoms in total. The van der Waals surface area contributed by atoms with Gasteiger partial charge in [0.15, 0.2) is 0 Å². The third-order valence-corrected chi connectivity index (χ3v) is 3.31. The van der Waals surface area contributed by atoms with Gasteiger partial charge in [0.05, 0.1) is 12.8 Å². The van der Waals surface area contributed by atoms with Crippen molar-refractivity contribution in [3.05, 3.63) is 65.9 Å². The van der Waals surface area contributed by atoms with Crippen molar-refractivity contribution in [2.75, 3.05) is 6.54 Å². The van der Waals surface area contributed by atoms with Gasteiger partial charge in [-0.25, -0.2) is 4.39 Å². The first-order valence-electron chi connectivity index (χ1n) is 6.87. The monoisotopic (exact) mass is 303 g/mol. The molecule has 22 heavy (non-hydrogen) atoms. The highest BCUT2D eigenvalue weighted by Crippen LogP contribution is 2.20. The van der Waals surface area contributed by atoms with Crippen molar-refractivity contribution in [1.82, 2.24) is 5.32 Å². The summed E-state index contributed by atoms with van der Waals surface area (Å²) in [5, 5.41) is 12.8. The number of halogens is 1. The molecule has 0 saturated carbocycles. The lowest BCUT2D eigenvalue weighted by Crippen LogP contribution is -2.37. The number of hydrogen-bond acceptors (Lipinski definition) is 3. The Morgan fingerprint density at radius 3 is 2.73 bits per heavy atom. The summed E-state index contributed by atoms with van der Waals surface area (Å²) in [5.41, 5.74) is -0.428. The van der Waals surface area contributed by atoms with E-state index < -0.39 is 11.5 Å². The second-order valence-electron chi connectivity index (χ2n) is 5.28. The molecule has 0 aliphatic carbocycles. The number of furan rings is 1. The summed E-state index contributed by atoms with van der Waals surface area (Å²) >= 11 is 0. The van der Waals surface area contributed by atoms with E-state index in [2.05, 4.69) is 5.32 Å². The van der Waals surface area contributed by atoms with Crippen LogP contribution in [0.25, 0.3) is 5.57 Å². The van der Waals surface area contributed by atoms with Crippen LogP contribution in [0, 0.1) is 5.82 Å². The maximum absolute atomic E-state index is 13.6. The molecule has 1 atom stereocenters. The Balaban J connectivity index is 2.01. The highest BCUT2D eigenvalue weighted by atomic mass is 19.1. The second-order valence-corrected chi connectivity index (χ2v) is 5.28. The summed E-state index contributed by atoms with van der Waals surface area (Å²) in [6, 6.07) is 9.53. The topological polar surface area (TPSA) is 62.5 Å². The van der Waals surface area contributed by atoms with Crippen LogP contribution in [-0.2, 0) is 10.4 Å². The molecule has 1 unspecified atom stereocenters. The normalized spacial score (nSPS) is 14.5. The average Bonchev–Trinajstić information content (AvgIpc) is 3.00. The average molecular weight is 303 g/mol. The predicted octanol–water partition coefficient (Wildman–Crippen LogP) is 2.85. The van der Waals surface area contributed by atoms with Crippen molar-refractivity contribution in [2.45, 2.75) is 19.4 Å². The Kier molecular flexibility index (Phi) is 4.78. The summed E-state index contributed by atoms with van der Waals surface area (Å²) in [5.74, 6) is -0.429. The molecular weight excluding hydrogens is 285 g/mol. The molecular formula is C17H18FNO3. The van der Waals surface area contributed by atoms with Gasteiger partial charge in [0.1, 0.15) is 17.2 Å². The van der Waals surface area contributed by atoms with Crippen LogP contribution in [0.15, 0.2) is 53.2 Å². The number of benzene rings is 1. The first-order chi connectivity index (χ1) is 10.4. The molecule has 2 N–H and O–H groups in total. The van der Waals surface area contributed by atoms with Crippen LogP contribution in [-0.4, -0.2) is 17.6 Å². The first kappa shape index (κ1) is 16.0. The van der Waals surface area contributed by atoms with E-state index in [4.69, 9.17) is 4.42 Å². The Bertz CT molecular complexity index is 675. The summed E-state index contributed by atoms with van der Waals surface area (Å²) in [6.45, 7) is 3.18. The van der Waals surface area contributed by atoms with Crippen LogP contribution in [0.3, 0.4) is 0 Å². The maximum Gasteiger partial charge on any atom is 0.244 e. The summed E-state index contributed by atoms with van der Waals surface area (Å²) in [4.78, 5) is 11.9. The maximum atomic E-state index is 13.6. The van der Waals surface area contributed by atoms with Crippen molar-refractivity contribution < 1.29 is 18.7 Å². The zero-order valence-electron chi connectivity index (χ0n) is 12.5. The second kappa shape index (κ2) is 6.58. The van der Waals surface area contributed by atoms with E-state index in [0.29, 0.717) is 16.9 Å². The lowest BCUT2D eigenvalue weighted by atomic mass is 10.0. The van der Waals surface area contributed by atoms with E-state index in [-0.39, 0.29) is 12.4 Å². The number of aliphatic hydroxyl groups is 1. The molecule has 1 aromatic carbocycles. The number of nitrogens with one attached hydrogen (secondary N) is 1. The van der Waals surface area contributed by atoms with E-state index in [1.165, 1.54) is 18.4 Å². The van der Waals surface area contributed by atoms with Crippen molar-refractivity contribution in [2.24, 2.45) is 0 Å². The Hall–Kier alpha value is -2.40. The number of amides is 1. The van der Waals surface area contributed by atoms with Gasteiger partial charge in [0.25, 0.3) is 0 Å². The third-order valence-electron chi connectivity index (χ3n) is 3.31. The van der Waals surface area contributed by atoms with Crippen LogP contribution in [0.2, 0.25) is 0 Å². The molecule has 0 fully saturated rings. The van der Waals surface area contributed by atoms with E-state index in [1.807, 2.05) is 0 Å². The van der Waals surface area contributed by atoms with Gasteiger partial charge < -0.3 is 14.8 Å². The number of rotatable bonds is 5. The van der Waals surface area contributed by atoms with Crippen molar-refractivity contribution >= 4 is 11.5 Å². The summed E-state index contributed by atoms with van der Waals surface area (Å²) in [7, 11) is 0. The molecule has 0 aliphatic rings. The molecule has 0 spiro atoms. The lowest BCUT2D eigenvalue weighted by Gasteiger charge is -2.20. The van der Waals surface area contributed by atoms with Crippen LogP contribution >= 0.6 is 0 Å². The highest BCUT2D eigenvalue weighted by Gasteiger charge is 2.26. The van der Waals surface area contributed by atoms with Gasteiger partial charge in [-0.1, -0.05) is 18.2 Å². The lowest BCUT2D eigenvalue weighted by molar-refractivity contribution is -0.117. The van der Waals surface area contributed by atoms with Crippen LogP contribution in [0.1, 0.15) is 25.2 Å². The Morgan fingerprint density at radius 1 is 1.36 bits per heavy atom. The fourth-order valence-corrected chi connectivity index (χ4v) is 2.04. The minimum atomic E-state index is -1.31. The highest BCUT2D eigenvalue weighted by molar-refractivity contribution is 5.94. The molecule has 0 saturated heterocycles. The predicted molar refractivity (Wildman–Crippen MR) is 81.3 cm³/mol. The fourth-order valence-electron chi connectivity index (χ4n) is 2.04.